The van der Waals surface area contributed by atoms with Gasteiger partial charge in [0, 0.05) is 33.2 Å². The fourth-order valence-electron chi connectivity index (χ4n) is 6.81. The lowest BCUT2D eigenvalue weighted by molar-refractivity contribution is 1.18. The Morgan fingerprint density at radius 1 is 0.306 bits per heavy atom. The highest BCUT2D eigenvalue weighted by Gasteiger charge is 2.15. The van der Waals surface area contributed by atoms with Crippen LogP contribution < -0.4 is 0 Å². The Morgan fingerprint density at radius 3 is 1.22 bits per heavy atom. The molecule has 49 heavy (non-hydrogen) atoms. The maximum atomic E-state index is 5.16. The van der Waals surface area contributed by atoms with Gasteiger partial charge in [-0.3, -0.25) is 0 Å². The van der Waals surface area contributed by atoms with Crippen LogP contribution in [0.25, 0.3) is 83.6 Å². The number of fused-ring (bicyclic) bond motifs is 3. The van der Waals surface area contributed by atoms with E-state index in [4.69, 9.17) is 9.97 Å². The maximum absolute atomic E-state index is 5.16. The smallest absolute Gasteiger partial charge is 0.160 e. The van der Waals surface area contributed by atoms with Crippen molar-refractivity contribution in [2.75, 3.05) is 0 Å². The summed E-state index contributed by atoms with van der Waals surface area (Å²) < 4.78 is 2.36. The molecule has 230 valence electrons. The molecule has 0 saturated carbocycles. The first-order chi connectivity index (χ1) is 24.3. The van der Waals surface area contributed by atoms with Crippen LogP contribution in [0.15, 0.2) is 188 Å². The molecule has 9 rings (SSSR count). The molecule has 0 aliphatic carbocycles. The number of aromatic nitrogens is 3. The summed E-state index contributed by atoms with van der Waals surface area (Å²) in [6.45, 7) is 0. The number of hydrogen-bond donors (Lipinski definition) is 0. The number of hydrogen-bond acceptors (Lipinski definition) is 2. The van der Waals surface area contributed by atoms with Crippen LogP contribution in [-0.2, 0) is 0 Å². The first-order valence-corrected chi connectivity index (χ1v) is 16.6. The fraction of sp³-hybridized carbons (Fsp3) is 0. The van der Waals surface area contributed by atoms with E-state index in [0.717, 1.165) is 56.0 Å². The molecule has 3 heteroatoms. The summed E-state index contributed by atoms with van der Waals surface area (Å²) in [4.78, 5) is 10.3. The van der Waals surface area contributed by atoms with Crippen molar-refractivity contribution in [3.8, 4) is 61.8 Å². The van der Waals surface area contributed by atoms with Gasteiger partial charge in [-0.2, -0.15) is 0 Å². The molecule has 0 atom stereocenters. The van der Waals surface area contributed by atoms with Gasteiger partial charge in [0.15, 0.2) is 5.82 Å². The van der Waals surface area contributed by atoms with Gasteiger partial charge in [0.1, 0.15) is 0 Å². The minimum Gasteiger partial charge on any atom is -0.309 e. The van der Waals surface area contributed by atoms with Crippen LogP contribution in [0.4, 0.5) is 0 Å². The first-order valence-electron chi connectivity index (χ1n) is 16.6. The van der Waals surface area contributed by atoms with Crippen molar-refractivity contribution in [3.05, 3.63) is 188 Å². The lowest BCUT2D eigenvalue weighted by Crippen LogP contribution is -1.97. The largest absolute Gasteiger partial charge is 0.309 e. The third kappa shape index (κ3) is 5.38. The van der Waals surface area contributed by atoms with Crippen molar-refractivity contribution in [2.45, 2.75) is 0 Å². The molecule has 9 aromatic rings. The van der Waals surface area contributed by atoms with Crippen molar-refractivity contribution in [3.63, 3.8) is 0 Å². The van der Waals surface area contributed by atoms with E-state index in [1.807, 2.05) is 12.1 Å². The lowest BCUT2D eigenvalue weighted by atomic mass is 9.95. The fourth-order valence-corrected chi connectivity index (χ4v) is 6.81. The minimum atomic E-state index is 0.695. The molecule has 2 heterocycles. The van der Waals surface area contributed by atoms with Gasteiger partial charge >= 0.3 is 0 Å². The molecule has 7 aromatic carbocycles. The van der Waals surface area contributed by atoms with Crippen molar-refractivity contribution < 1.29 is 0 Å². The Bertz CT molecular complexity index is 2460. The zero-order chi connectivity index (χ0) is 32.6. The Morgan fingerprint density at radius 2 is 0.714 bits per heavy atom. The van der Waals surface area contributed by atoms with E-state index in [1.54, 1.807) is 0 Å². The van der Waals surface area contributed by atoms with E-state index in [-0.39, 0.29) is 0 Å². The predicted octanol–water partition coefficient (Wildman–Crippen LogP) is 11.9. The second-order valence-electron chi connectivity index (χ2n) is 12.3. The third-order valence-electron chi connectivity index (χ3n) is 9.20. The van der Waals surface area contributed by atoms with Crippen LogP contribution in [0.5, 0.6) is 0 Å². The van der Waals surface area contributed by atoms with E-state index in [9.17, 15) is 0 Å². The maximum Gasteiger partial charge on any atom is 0.160 e. The molecule has 2 aromatic heterocycles. The Balaban J connectivity index is 1.20. The summed E-state index contributed by atoms with van der Waals surface area (Å²) in [7, 11) is 0. The van der Waals surface area contributed by atoms with Gasteiger partial charge in [-0.1, -0.05) is 140 Å². The molecule has 0 radical (unpaired) electrons. The van der Waals surface area contributed by atoms with E-state index in [2.05, 4.69) is 180 Å². The molecule has 0 aliphatic rings. The molecule has 0 fully saturated rings. The van der Waals surface area contributed by atoms with Crippen LogP contribution in [0, 0.1) is 0 Å². The highest BCUT2D eigenvalue weighted by Crippen LogP contribution is 2.36. The van der Waals surface area contributed by atoms with E-state index in [1.165, 1.54) is 21.8 Å². The summed E-state index contributed by atoms with van der Waals surface area (Å²) in [6, 6.07) is 66.2. The molecule has 0 saturated heterocycles. The van der Waals surface area contributed by atoms with Crippen LogP contribution in [0.3, 0.4) is 0 Å². The van der Waals surface area contributed by atoms with E-state index < -0.39 is 0 Å². The molecule has 3 nitrogen and oxygen atoms in total. The topological polar surface area (TPSA) is 30.7 Å². The molecule has 0 N–H and O–H groups in total. The number of benzene rings is 7. The van der Waals surface area contributed by atoms with Gasteiger partial charge in [0.05, 0.1) is 22.4 Å². The second-order valence-corrected chi connectivity index (χ2v) is 12.3. The Hall–Kier alpha value is -6.58. The van der Waals surface area contributed by atoms with Crippen molar-refractivity contribution >= 4 is 21.8 Å². The summed E-state index contributed by atoms with van der Waals surface area (Å²) in [5.74, 6) is 0.695. The molecule has 0 amide bonds. The Labute approximate surface area is 285 Å². The zero-order valence-corrected chi connectivity index (χ0v) is 26.7. The molecule has 0 spiro atoms. The van der Waals surface area contributed by atoms with Gasteiger partial charge in [0.2, 0.25) is 0 Å². The SMILES string of the molecule is c1ccc(-c2cc(-c3ccc(-n4c5ccccc5c5ccccc54)cc3)cc(-c3nc(-c4ccccc4)cc(-c4ccccc4)n3)c2)cc1. The minimum absolute atomic E-state index is 0.695. The summed E-state index contributed by atoms with van der Waals surface area (Å²) in [5.41, 5.74) is 12.9. The number of rotatable bonds is 6. The quantitative estimate of drug-likeness (QED) is 0.184. The summed E-state index contributed by atoms with van der Waals surface area (Å²) >= 11 is 0. The highest BCUT2D eigenvalue weighted by atomic mass is 15.0. The van der Waals surface area contributed by atoms with Crippen molar-refractivity contribution in [1.29, 1.82) is 0 Å². The Kier molecular flexibility index (Phi) is 7.14. The first kappa shape index (κ1) is 28.6. The molecular weight excluding hydrogens is 595 g/mol. The van der Waals surface area contributed by atoms with E-state index in [0.29, 0.717) is 5.82 Å². The summed E-state index contributed by atoms with van der Waals surface area (Å²) in [6.07, 6.45) is 0. The average Bonchev–Trinajstić information content (AvgIpc) is 3.53. The van der Waals surface area contributed by atoms with Crippen LogP contribution in [0.1, 0.15) is 0 Å². The van der Waals surface area contributed by atoms with Crippen LogP contribution >= 0.6 is 0 Å². The van der Waals surface area contributed by atoms with Crippen LogP contribution in [0.2, 0.25) is 0 Å². The van der Waals surface area contributed by atoms with Crippen molar-refractivity contribution in [2.24, 2.45) is 0 Å². The highest BCUT2D eigenvalue weighted by molar-refractivity contribution is 6.09. The standard InChI is InChI=1S/C46H31N3/c1-4-14-32(15-5-1)36-28-37(33-24-26-39(27-25-33)49-44-22-12-10-20-40(44)41-21-11-13-23-45(41)49)30-38(29-36)46-47-42(34-16-6-2-7-17-34)31-43(48-46)35-18-8-3-9-19-35/h1-31H. The van der Waals surface area contributed by atoms with E-state index >= 15 is 0 Å². The summed E-state index contributed by atoms with van der Waals surface area (Å²) in [5, 5.41) is 2.52. The van der Waals surface area contributed by atoms with Gasteiger partial charge in [0.25, 0.3) is 0 Å². The zero-order valence-electron chi connectivity index (χ0n) is 26.7. The van der Waals surface area contributed by atoms with Gasteiger partial charge in [-0.05, 0) is 70.8 Å². The number of nitrogens with zero attached hydrogens (tertiary/aromatic N) is 3. The van der Waals surface area contributed by atoms with Gasteiger partial charge < -0.3 is 4.57 Å². The van der Waals surface area contributed by atoms with Gasteiger partial charge in [-0.15, -0.1) is 0 Å². The molecular formula is C46H31N3. The third-order valence-corrected chi connectivity index (χ3v) is 9.20. The monoisotopic (exact) mass is 625 g/mol. The number of para-hydroxylation sites is 2. The molecule has 0 unspecified atom stereocenters. The average molecular weight is 626 g/mol. The normalized spacial score (nSPS) is 11.3. The second kappa shape index (κ2) is 12.2. The molecule has 0 bridgehead atoms. The van der Waals surface area contributed by atoms with Gasteiger partial charge in [-0.25, -0.2) is 9.97 Å². The van der Waals surface area contributed by atoms with Crippen molar-refractivity contribution in [1.82, 2.24) is 14.5 Å². The van der Waals surface area contributed by atoms with Crippen LogP contribution in [-0.4, -0.2) is 14.5 Å². The molecule has 0 aliphatic heterocycles. The predicted molar refractivity (Wildman–Crippen MR) is 204 cm³/mol. The lowest BCUT2D eigenvalue weighted by Gasteiger charge is -2.14.